The molecule has 0 aliphatic heterocycles. The number of nitrogens with one attached hydrogen (secondary N) is 1. The van der Waals surface area contributed by atoms with Gasteiger partial charge in [-0.15, -0.1) is 0 Å². The van der Waals surface area contributed by atoms with E-state index in [9.17, 15) is 4.79 Å². The lowest BCUT2D eigenvalue weighted by molar-refractivity contribution is -0.123. The first-order chi connectivity index (χ1) is 7.81. The van der Waals surface area contributed by atoms with Crippen LogP contribution in [0, 0.1) is 11.8 Å². The Balaban J connectivity index is 1.97. The van der Waals surface area contributed by atoms with E-state index in [1.165, 1.54) is 6.42 Å². The molecule has 0 radical (unpaired) electrons. The largest absolute Gasteiger partial charge is 0.330 e. The molecule has 4 heteroatoms. The number of nitrogens with two attached hydrogens (primary N) is 1. The second-order valence-electron chi connectivity index (χ2n) is 4.45. The van der Waals surface area contributed by atoms with Gasteiger partial charge >= 0.3 is 0 Å². The summed E-state index contributed by atoms with van der Waals surface area (Å²) in [5, 5.41) is 0. The molecule has 1 heterocycles. The number of hydrogen-bond donors (Lipinski definition) is 2. The molecule has 1 fully saturated rings. The molecule has 16 heavy (non-hydrogen) atoms. The third-order valence-electron chi connectivity index (χ3n) is 3.39. The van der Waals surface area contributed by atoms with Crippen molar-refractivity contribution in [3.8, 4) is 0 Å². The van der Waals surface area contributed by atoms with Crippen molar-refractivity contribution in [3.63, 3.8) is 0 Å². The van der Waals surface area contributed by atoms with Crippen LogP contribution in [0.5, 0.6) is 0 Å². The zero-order valence-corrected chi connectivity index (χ0v) is 9.43. The molecule has 0 bridgehead atoms. The van der Waals surface area contributed by atoms with Gasteiger partial charge in [0.25, 0.3) is 0 Å². The quantitative estimate of drug-likeness (QED) is 0.808. The summed E-state index contributed by atoms with van der Waals surface area (Å²) in [6.07, 6.45) is 8.06. The average molecular weight is 221 g/mol. The molecule has 3 N–H and O–H groups in total. The lowest BCUT2D eigenvalue weighted by Crippen LogP contribution is -2.38. The number of amides is 1. The number of nitrogens with zero attached hydrogens (tertiary/aromatic N) is 1. The third kappa shape index (κ3) is 2.44. The first kappa shape index (κ1) is 11.2. The molecule has 2 rings (SSSR count). The van der Waals surface area contributed by atoms with Crippen molar-refractivity contribution >= 4 is 5.91 Å². The maximum Gasteiger partial charge on any atom is 0.242 e. The summed E-state index contributed by atoms with van der Waals surface area (Å²) >= 11 is 0. The number of rotatable bonds is 3. The molecule has 4 nitrogen and oxygen atoms in total. The minimum atomic E-state index is 0.0844. The van der Waals surface area contributed by atoms with Crippen molar-refractivity contribution in [2.24, 2.45) is 17.6 Å². The fraction of sp³-hybridized carbons (Fsp3) is 0.583. The van der Waals surface area contributed by atoms with Gasteiger partial charge in [-0.3, -0.25) is 14.9 Å². The number of carbonyl (C=O) groups excluding carboxylic acids is 1. The van der Waals surface area contributed by atoms with E-state index in [0.29, 0.717) is 12.5 Å². The molecule has 2 unspecified atom stereocenters. The molecular formula is C12H19N3O. The Morgan fingerprint density at radius 1 is 1.31 bits per heavy atom. The Bertz CT molecular complexity index is 334. The molecule has 1 aromatic rings. The van der Waals surface area contributed by atoms with Gasteiger partial charge in [-0.2, -0.15) is 0 Å². The standard InChI is InChI=1S/C12H19N3O/c13-9-10-5-1-2-6-11(10)12(16)14-15-7-3-4-8-15/h3-4,7-8,10-11H,1-2,5-6,9,13H2,(H,14,16). The van der Waals surface area contributed by atoms with Crippen molar-refractivity contribution in [1.82, 2.24) is 4.68 Å². The van der Waals surface area contributed by atoms with E-state index >= 15 is 0 Å². The Hall–Kier alpha value is -1.29. The number of aromatic nitrogens is 1. The zero-order valence-electron chi connectivity index (χ0n) is 9.43. The molecule has 0 saturated heterocycles. The zero-order chi connectivity index (χ0) is 11.4. The Kier molecular flexibility index (Phi) is 3.62. The van der Waals surface area contributed by atoms with Crippen LogP contribution in [0.3, 0.4) is 0 Å². The van der Waals surface area contributed by atoms with E-state index in [0.717, 1.165) is 19.3 Å². The van der Waals surface area contributed by atoms with E-state index in [1.54, 1.807) is 4.68 Å². The van der Waals surface area contributed by atoms with E-state index in [4.69, 9.17) is 5.73 Å². The number of hydrogen-bond acceptors (Lipinski definition) is 2. The normalized spacial score (nSPS) is 25.3. The second-order valence-corrected chi connectivity index (χ2v) is 4.45. The Morgan fingerprint density at radius 2 is 2.00 bits per heavy atom. The van der Waals surface area contributed by atoms with Gasteiger partial charge in [0.15, 0.2) is 0 Å². The summed E-state index contributed by atoms with van der Waals surface area (Å²) in [7, 11) is 0. The predicted octanol–water partition coefficient (Wildman–Crippen LogP) is 1.32. The highest BCUT2D eigenvalue weighted by molar-refractivity contribution is 5.86. The molecule has 1 amide bonds. The molecule has 2 atom stereocenters. The highest BCUT2D eigenvalue weighted by atomic mass is 16.2. The maximum absolute atomic E-state index is 12.0. The smallest absolute Gasteiger partial charge is 0.242 e. The van der Waals surface area contributed by atoms with Crippen LogP contribution >= 0.6 is 0 Å². The predicted molar refractivity (Wildman–Crippen MR) is 63.3 cm³/mol. The van der Waals surface area contributed by atoms with Gasteiger partial charge in [-0.25, -0.2) is 0 Å². The molecule has 88 valence electrons. The Labute approximate surface area is 95.8 Å². The molecule has 0 aromatic carbocycles. The summed E-state index contributed by atoms with van der Waals surface area (Å²) in [6, 6.07) is 3.78. The lowest BCUT2D eigenvalue weighted by atomic mass is 9.79. The van der Waals surface area contributed by atoms with E-state index in [-0.39, 0.29) is 11.8 Å². The van der Waals surface area contributed by atoms with Crippen LogP contribution in [0.2, 0.25) is 0 Å². The van der Waals surface area contributed by atoms with E-state index in [1.807, 2.05) is 24.5 Å². The van der Waals surface area contributed by atoms with Crippen LogP contribution in [-0.4, -0.2) is 17.1 Å². The van der Waals surface area contributed by atoms with Crippen molar-refractivity contribution in [3.05, 3.63) is 24.5 Å². The highest BCUT2D eigenvalue weighted by Crippen LogP contribution is 2.29. The summed E-state index contributed by atoms with van der Waals surface area (Å²) in [6.45, 7) is 0.615. The first-order valence-corrected chi connectivity index (χ1v) is 5.95. The highest BCUT2D eigenvalue weighted by Gasteiger charge is 2.29. The summed E-state index contributed by atoms with van der Waals surface area (Å²) in [5.41, 5.74) is 8.60. The maximum atomic E-state index is 12.0. The SMILES string of the molecule is NCC1CCCCC1C(=O)Nn1cccc1. The summed E-state index contributed by atoms with van der Waals surface area (Å²) in [4.78, 5) is 12.0. The van der Waals surface area contributed by atoms with Crippen LogP contribution in [0.25, 0.3) is 0 Å². The fourth-order valence-corrected chi connectivity index (χ4v) is 2.45. The van der Waals surface area contributed by atoms with Crippen molar-refractivity contribution in [2.75, 3.05) is 12.0 Å². The van der Waals surface area contributed by atoms with Gasteiger partial charge in [0.2, 0.25) is 5.91 Å². The van der Waals surface area contributed by atoms with E-state index < -0.39 is 0 Å². The fourth-order valence-electron chi connectivity index (χ4n) is 2.45. The van der Waals surface area contributed by atoms with Gasteiger partial charge in [0.1, 0.15) is 0 Å². The minimum Gasteiger partial charge on any atom is -0.330 e. The van der Waals surface area contributed by atoms with Gasteiger partial charge in [-0.05, 0) is 37.4 Å². The third-order valence-corrected chi connectivity index (χ3v) is 3.39. The number of carbonyl (C=O) groups is 1. The second kappa shape index (κ2) is 5.16. The van der Waals surface area contributed by atoms with E-state index in [2.05, 4.69) is 5.43 Å². The van der Waals surface area contributed by atoms with Crippen LogP contribution in [0.15, 0.2) is 24.5 Å². The monoisotopic (exact) mass is 221 g/mol. The molecular weight excluding hydrogens is 202 g/mol. The van der Waals surface area contributed by atoms with Gasteiger partial charge < -0.3 is 5.73 Å². The molecule has 1 aromatic heterocycles. The Morgan fingerprint density at radius 3 is 2.69 bits per heavy atom. The molecule has 1 saturated carbocycles. The molecule has 1 aliphatic carbocycles. The van der Waals surface area contributed by atoms with Crippen molar-refractivity contribution < 1.29 is 4.79 Å². The van der Waals surface area contributed by atoms with Crippen LogP contribution in [-0.2, 0) is 4.79 Å². The molecule has 1 aliphatic rings. The first-order valence-electron chi connectivity index (χ1n) is 5.95. The van der Waals surface area contributed by atoms with Crippen LogP contribution in [0.1, 0.15) is 25.7 Å². The topological polar surface area (TPSA) is 60.1 Å². The molecule has 0 spiro atoms. The summed E-state index contributed by atoms with van der Waals surface area (Å²) in [5.74, 6) is 0.539. The van der Waals surface area contributed by atoms with Crippen LogP contribution in [0.4, 0.5) is 0 Å². The van der Waals surface area contributed by atoms with Gasteiger partial charge in [0, 0.05) is 18.3 Å². The average Bonchev–Trinajstić information content (AvgIpc) is 2.81. The summed E-state index contributed by atoms with van der Waals surface area (Å²) < 4.78 is 1.70. The van der Waals surface area contributed by atoms with Crippen LogP contribution < -0.4 is 11.2 Å². The van der Waals surface area contributed by atoms with Gasteiger partial charge in [-0.1, -0.05) is 12.8 Å². The lowest BCUT2D eigenvalue weighted by Gasteiger charge is -2.29. The van der Waals surface area contributed by atoms with Crippen molar-refractivity contribution in [2.45, 2.75) is 25.7 Å². The van der Waals surface area contributed by atoms with Gasteiger partial charge in [0.05, 0.1) is 0 Å². The van der Waals surface area contributed by atoms with Crippen molar-refractivity contribution in [1.29, 1.82) is 0 Å². The minimum absolute atomic E-state index is 0.0844.